The lowest BCUT2D eigenvalue weighted by molar-refractivity contribution is 0.0946. The fourth-order valence-corrected chi connectivity index (χ4v) is 2.07. The van der Waals surface area contributed by atoms with Gasteiger partial charge in [-0.2, -0.15) is 0 Å². The van der Waals surface area contributed by atoms with Crippen LogP contribution in [0.15, 0.2) is 47.2 Å². The van der Waals surface area contributed by atoms with Gasteiger partial charge in [-0.1, -0.05) is 17.7 Å². The van der Waals surface area contributed by atoms with Crippen molar-refractivity contribution in [2.45, 2.75) is 0 Å². The van der Waals surface area contributed by atoms with E-state index in [-0.39, 0.29) is 5.91 Å². The van der Waals surface area contributed by atoms with Gasteiger partial charge >= 0.3 is 0 Å². The molecule has 0 unspecified atom stereocenters. The molecule has 2 aromatic rings. The number of rotatable bonds is 5. The number of ether oxygens (including phenoxy) is 1. The van der Waals surface area contributed by atoms with Crippen molar-refractivity contribution >= 4 is 33.4 Å². The number of aromatic nitrogens is 1. The van der Waals surface area contributed by atoms with E-state index in [4.69, 9.17) is 16.3 Å². The molecule has 0 aliphatic rings. The molecule has 1 N–H and O–H groups in total. The molecule has 0 aliphatic heterocycles. The molecule has 2 rings (SSSR count). The van der Waals surface area contributed by atoms with Crippen molar-refractivity contribution in [3.05, 3.63) is 57.8 Å². The number of nitrogens with one attached hydrogen (secondary N) is 1. The summed E-state index contributed by atoms with van der Waals surface area (Å²) in [6, 6.07) is 8.83. The van der Waals surface area contributed by atoms with Gasteiger partial charge in [-0.05, 0) is 40.2 Å². The van der Waals surface area contributed by atoms with Gasteiger partial charge in [0.05, 0.1) is 12.1 Å². The summed E-state index contributed by atoms with van der Waals surface area (Å²) in [5.41, 5.74) is 0.502. The maximum atomic E-state index is 11.8. The number of halogens is 2. The minimum absolute atomic E-state index is 0.187. The van der Waals surface area contributed by atoms with Crippen LogP contribution in [0.2, 0.25) is 5.02 Å². The fraction of sp³-hybridized carbons (Fsp3) is 0.143. The third kappa shape index (κ3) is 4.51. The molecule has 0 saturated carbocycles. The Morgan fingerprint density at radius 1 is 1.35 bits per heavy atom. The number of benzene rings is 1. The second kappa shape index (κ2) is 7.26. The number of carbonyl (C=O) groups excluding carboxylic acids is 1. The molecule has 0 radical (unpaired) electrons. The molecule has 0 spiro atoms. The minimum atomic E-state index is -0.187. The molecular formula is C14H12BrClN2O2. The van der Waals surface area contributed by atoms with Crippen LogP contribution in [0.4, 0.5) is 0 Å². The largest absolute Gasteiger partial charge is 0.492 e. The third-order valence-electron chi connectivity index (χ3n) is 2.42. The first-order chi connectivity index (χ1) is 9.65. The normalized spacial score (nSPS) is 10.1. The number of carbonyl (C=O) groups is 1. The van der Waals surface area contributed by atoms with Crippen LogP contribution >= 0.6 is 27.5 Å². The molecule has 1 heterocycles. The Bertz CT molecular complexity index is 607. The van der Waals surface area contributed by atoms with Gasteiger partial charge in [-0.25, -0.2) is 0 Å². The summed E-state index contributed by atoms with van der Waals surface area (Å²) in [6.07, 6.45) is 3.14. The summed E-state index contributed by atoms with van der Waals surface area (Å²) in [7, 11) is 0. The Hall–Kier alpha value is -1.59. The van der Waals surface area contributed by atoms with Crippen LogP contribution in [0.25, 0.3) is 0 Å². The summed E-state index contributed by atoms with van der Waals surface area (Å²) >= 11 is 9.11. The van der Waals surface area contributed by atoms with E-state index in [1.165, 1.54) is 6.20 Å². The van der Waals surface area contributed by atoms with Gasteiger partial charge in [0, 0.05) is 21.9 Å². The van der Waals surface area contributed by atoms with Crippen molar-refractivity contribution in [1.29, 1.82) is 0 Å². The van der Waals surface area contributed by atoms with Crippen molar-refractivity contribution < 1.29 is 9.53 Å². The molecule has 6 heteroatoms. The van der Waals surface area contributed by atoms with E-state index in [0.717, 1.165) is 4.47 Å². The molecule has 1 aromatic carbocycles. The second-order valence-corrected chi connectivity index (χ2v) is 5.31. The van der Waals surface area contributed by atoms with E-state index in [9.17, 15) is 4.79 Å². The monoisotopic (exact) mass is 354 g/mol. The van der Waals surface area contributed by atoms with Crippen LogP contribution in [0.3, 0.4) is 0 Å². The van der Waals surface area contributed by atoms with E-state index in [2.05, 4.69) is 26.2 Å². The summed E-state index contributed by atoms with van der Waals surface area (Å²) in [5.74, 6) is 0.490. The summed E-state index contributed by atoms with van der Waals surface area (Å²) in [6.45, 7) is 0.769. The van der Waals surface area contributed by atoms with Crippen molar-refractivity contribution in [3.63, 3.8) is 0 Å². The average molecular weight is 356 g/mol. The third-order valence-corrected chi connectivity index (χ3v) is 3.09. The Kier molecular flexibility index (Phi) is 5.38. The molecule has 4 nitrogen and oxygen atoms in total. The van der Waals surface area contributed by atoms with Crippen LogP contribution in [-0.2, 0) is 0 Å². The molecule has 0 bridgehead atoms. The molecule has 1 aromatic heterocycles. The maximum absolute atomic E-state index is 11.8. The van der Waals surface area contributed by atoms with Crippen molar-refractivity contribution in [1.82, 2.24) is 10.3 Å². The second-order valence-electron chi connectivity index (χ2n) is 3.95. The highest BCUT2D eigenvalue weighted by Crippen LogP contribution is 2.16. The van der Waals surface area contributed by atoms with Crippen molar-refractivity contribution in [2.75, 3.05) is 13.2 Å². The highest BCUT2D eigenvalue weighted by atomic mass is 79.9. The zero-order valence-electron chi connectivity index (χ0n) is 10.5. The van der Waals surface area contributed by atoms with E-state index in [0.29, 0.717) is 29.5 Å². The highest BCUT2D eigenvalue weighted by molar-refractivity contribution is 9.10. The molecule has 0 saturated heterocycles. The number of pyridine rings is 1. The first kappa shape index (κ1) is 14.8. The molecular weight excluding hydrogens is 344 g/mol. The zero-order chi connectivity index (χ0) is 14.4. The number of amides is 1. The van der Waals surface area contributed by atoms with Crippen LogP contribution in [-0.4, -0.2) is 24.0 Å². The van der Waals surface area contributed by atoms with E-state index < -0.39 is 0 Å². The van der Waals surface area contributed by atoms with E-state index in [1.54, 1.807) is 24.4 Å². The van der Waals surface area contributed by atoms with Crippen molar-refractivity contribution in [3.8, 4) is 5.75 Å². The van der Waals surface area contributed by atoms with Gasteiger partial charge in [0.25, 0.3) is 5.91 Å². The van der Waals surface area contributed by atoms with Crippen LogP contribution < -0.4 is 10.1 Å². The zero-order valence-corrected chi connectivity index (χ0v) is 12.8. The first-order valence-corrected chi connectivity index (χ1v) is 7.09. The van der Waals surface area contributed by atoms with Crippen LogP contribution in [0.1, 0.15) is 10.4 Å². The summed E-state index contributed by atoms with van der Waals surface area (Å²) in [5, 5.41) is 3.37. The van der Waals surface area contributed by atoms with Gasteiger partial charge < -0.3 is 10.1 Å². The lowest BCUT2D eigenvalue weighted by atomic mass is 10.3. The van der Waals surface area contributed by atoms with Gasteiger partial charge in [0.1, 0.15) is 12.4 Å². The number of hydrogen-bond acceptors (Lipinski definition) is 3. The van der Waals surface area contributed by atoms with Gasteiger partial charge in [0.15, 0.2) is 0 Å². The van der Waals surface area contributed by atoms with E-state index >= 15 is 0 Å². The molecule has 0 aliphatic carbocycles. The fourth-order valence-electron chi connectivity index (χ4n) is 1.53. The lowest BCUT2D eigenvalue weighted by Gasteiger charge is -2.08. The van der Waals surface area contributed by atoms with Crippen molar-refractivity contribution in [2.24, 2.45) is 0 Å². The average Bonchev–Trinajstić information content (AvgIpc) is 2.43. The number of nitrogens with zero attached hydrogens (tertiary/aromatic N) is 1. The molecule has 0 fully saturated rings. The van der Waals surface area contributed by atoms with Gasteiger partial charge in [0.2, 0.25) is 0 Å². The van der Waals surface area contributed by atoms with Crippen LogP contribution in [0.5, 0.6) is 5.75 Å². The Labute approximate surface area is 130 Å². The number of hydrogen-bond donors (Lipinski definition) is 1. The predicted octanol–water partition coefficient (Wildman–Crippen LogP) is 3.31. The topological polar surface area (TPSA) is 51.2 Å². The Morgan fingerprint density at radius 2 is 2.20 bits per heavy atom. The van der Waals surface area contributed by atoms with E-state index in [1.807, 2.05) is 12.1 Å². The predicted molar refractivity (Wildman–Crippen MR) is 81.2 cm³/mol. The summed E-state index contributed by atoms with van der Waals surface area (Å²) in [4.78, 5) is 15.8. The first-order valence-electron chi connectivity index (χ1n) is 5.92. The molecule has 0 atom stereocenters. The lowest BCUT2D eigenvalue weighted by Crippen LogP contribution is -2.28. The SMILES string of the molecule is O=C(NCCOc1cccc(Cl)c1)c1cncc(Br)c1. The Balaban J connectivity index is 1.77. The smallest absolute Gasteiger partial charge is 0.253 e. The standard InChI is InChI=1S/C14H12BrClN2O2/c15-11-6-10(8-17-9-11)14(19)18-4-5-20-13-3-1-2-12(16)7-13/h1-3,6-9H,4-5H2,(H,18,19). The van der Waals surface area contributed by atoms with Gasteiger partial charge in [-0.15, -0.1) is 0 Å². The highest BCUT2D eigenvalue weighted by Gasteiger charge is 2.05. The molecule has 104 valence electrons. The molecule has 1 amide bonds. The Morgan fingerprint density at radius 3 is 2.95 bits per heavy atom. The maximum Gasteiger partial charge on any atom is 0.253 e. The van der Waals surface area contributed by atoms with Crippen LogP contribution in [0, 0.1) is 0 Å². The quantitative estimate of drug-likeness (QED) is 0.837. The summed E-state index contributed by atoms with van der Waals surface area (Å²) < 4.78 is 6.24. The minimum Gasteiger partial charge on any atom is -0.492 e. The van der Waals surface area contributed by atoms with Gasteiger partial charge in [-0.3, -0.25) is 9.78 Å². The molecule has 20 heavy (non-hydrogen) atoms.